The minimum absolute atomic E-state index is 0.201. The summed E-state index contributed by atoms with van der Waals surface area (Å²) in [5, 5.41) is 13.0. The second-order valence-electron chi connectivity index (χ2n) is 4.53. The zero-order chi connectivity index (χ0) is 12.5. The van der Waals surface area contributed by atoms with E-state index < -0.39 is 17.2 Å². The maximum atomic E-state index is 13.5. The Labute approximate surface area is 107 Å². The summed E-state index contributed by atoms with van der Waals surface area (Å²) < 4.78 is 26.7. The van der Waals surface area contributed by atoms with E-state index in [1.807, 2.05) is 0 Å². The van der Waals surface area contributed by atoms with Gasteiger partial charge in [-0.25, -0.2) is 8.78 Å². The third-order valence-corrected chi connectivity index (χ3v) is 3.76. The lowest BCUT2D eigenvalue weighted by Crippen LogP contribution is -2.33. The standard InChI is InChI=1S/C12H14BrF2NO/c13-9-5-8(14)6-10(15)11(9)16-7-12(17)3-1-2-4-12/h5-6,16-17H,1-4,7H2. The zero-order valence-corrected chi connectivity index (χ0v) is 10.9. The van der Waals surface area contributed by atoms with Gasteiger partial charge in [0, 0.05) is 17.1 Å². The molecule has 1 aromatic carbocycles. The van der Waals surface area contributed by atoms with Crippen LogP contribution in [0.2, 0.25) is 0 Å². The number of benzene rings is 1. The third kappa shape index (κ3) is 2.96. The summed E-state index contributed by atoms with van der Waals surface area (Å²) in [4.78, 5) is 0. The highest BCUT2D eigenvalue weighted by atomic mass is 79.9. The van der Waals surface area contributed by atoms with Gasteiger partial charge in [-0.1, -0.05) is 12.8 Å². The Morgan fingerprint density at radius 2 is 1.94 bits per heavy atom. The maximum absolute atomic E-state index is 13.5. The molecule has 0 atom stereocenters. The van der Waals surface area contributed by atoms with Gasteiger partial charge in [-0.2, -0.15) is 0 Å². The van der Waals surface area contributed by atoms with Crippen molar-refractivity contribution in [3.63, 3.8) is 0 Å². The number of hydrogen-bond acceptors (Lipinski definition) is 2. The molecule has 1 aromatic rings. The van der Waals surface area contributed by atoms with Crippen LogP contribution in [-0.2, 0) is 0 Å². The molecule has 0 radical (unpaired) electrons. The molecule has 0 bridgehead atoms. The molecule has 0 heterocycles. The zero-order valence-electron chi connectivity index (χ0n) is 9.27. The molecule has 5 heteroatoms. The lowest BCUT2D eigenvalue weighted by atomic mass is 10.0. The van der Waals surface area contributed by atoms with Gasteiger partial charge in [-0.05, 0) is 34.8 Å². The van der Waals surface area contributed by atoms with Gasteiger partial charge in [-0.15, -0.1) is 0 Å². The molecule has 0 aliphatic heterocycles. The monoisotopic (exact) mass is 305 g/mol. The Morgan fingerprint density at radius 1 is 1.29 bits per heavy atom. The molecule has 2 N–H and O–H groups in total. The van der Waals surface area contributed by atoms with Gasteiger partial charge in [-0.3, -0.25) is 0 Å². The molecule has 0 amide bonds. The molecular weight excluding hydrogens is 292 g/mol. The summed E-state index contributed by atoms with van der Waals surface area (Å²) in [6.45, 7) is 0.286. The van der Waals surface area contributed by atoms with Gasteiger partial charge in [0.15, 0.2) is 0 Å². The maximum Gasteiger partial charge on any atom is 0.150 e. The quantitative estimate of drug-likeness (QED) is 0.896. The molecule has 0 unspecified atom stereocenters. The molecule has 0 saturated heterocycles. The van der Waals surface area contributed by atoms with Crippen molar-refractivity contribution in [3.8, 4) is 0 Å². The normalized spacial score (nSPS) is 18.4. The number of anilines is 1. The fourth-order valence-electron chi connectivity index (χ4n) is 2.17. The van der Waals surface area contributed by atoms with Crippen molar-refractivity contribution in [2.24, 2.45) is 0 Å². The van der Waals surface area contributed by atoms with Crippen LogP contribution in [-0.4, -0.2) is 17.3 Å². The van der Waals surface area contributed by atoms with E-state index in [1.54, 1.807) is 0 Å². The molecule has 1 aliphatic carbocycles. The van der Waals surface area contributed by atoms with Gasteiger partial charge in [0.05, 0.1) is 11.3 Å². The fourth-order valence-corrected chi connectivity index (χ4v) is 2.72. The van der Waals surface area contributed by atoms with E-state index >= 15 is 0 Å². The Balaban J connectivity index is 2.08. The van der Waals surface area contributed by atoms with E-state index in [4.69, 9.17) is 0 Å². The molecule has 17 heavy (non-hydrogen) atoms. The fraction of sp³-hybridized carbons (Fsp3) is 0.500. The molecule has 0 aromatic heterocycles. The van der Waals surface area contributed by atoms with Crippen molar-refractivity contribution in [1.82, 2.24) is 0 Å². The largest absolute Gasteiger partial charge is 0.388 e. The van der Waals surface area contributed by atoms with Crippen LogP contribution >= 0.6 is 15.9 Å². The third-order valence-electron chi connectivity index (χ3n) is 3.14. The van der Waals surface area contributed by atoms with Gasteiger partial charge in [0.25, 0.3) is 0 Å². The molecule has 1 saturated carbocycles. The SMILES string of the molecule is OC1(CNc2c(F)cc(F)cc2Br)CCCC1. The summed E-state index contributed by atoms with van der Waals surface area (Å²) in [5.74, 6) is -1.28. The number of nitrogens with one attached hydrogen (secondary N) is 1. The van der Waals surface area contributed by atoms with E-state index in [1.165, 1.54) is 6.07 Å². The van der Waals surface area contributed by atoms with Crippen LogP contribution in [0.4, 0.5) is 14.5 Å². The lowest BCUT2D eigenvalue weighted by molar-refractivity contribution is 0.0614. The van der Waals surface area contributed by atoms with Crippen molar-refractivity contribution < 1.29 is 13.9 Å². The molecule has 1 fully saturated rings. The van der Waals surface area contributed by atoms with Crippen molar-refractivity contribution in [1.29, 1.82) is 0 Å². The predicted octanol–water partition coefficient (Wildman–Crippen LogP) is 3.44. The van der Waals surface area contributed by atoms with Crippen LogP contribution in [0, 0.1) is 11.6 Å². The van der Waals surface area contributed by atoms with Crippen LogP contribution in [0.5, 0.6) is 0 Å². The topological polar surface area (TPSA) is 32.3 Å². The first-order valence-corrected chi connectivity index (χ1v) is 6.40. The highest BCUT2D eigenvalue weighted by molar-refractivity contribution is 9.10. The molecule has 2 rings (SSSR count). The number of hydrogen-bond donors (Lipinski definition) is 2. The first-order chi connectivity index (χ1) is 8.00. The first kappa shape index (κ1) is 12.8. The minimum atomic E-state index is -0.764. The average Bonchev–Trinajstić information content (AvgIpc) is 2.64. The van der Waals surface area contributed by atoms with E-state index in [0.29, 0.717) is 4.47 Å². The Morgan fingerprint density at radius 3 is 2.53 bits per heavy atom. The highest BCUT2D eigenvalue weighted by Gasteiger charge is 2.31. The Hall–Kier alpha value is -0.680. The van der Waals surface area contributed by atoms with Crippen molar-refractivity contribution in [2.75, 3.05) is 11.9 Å². The predicted molar refractivity (Wildman–Crippen MR) is 66.0 cm³/mol. The summed E-state index contributed by atoms with van der Waals surface area (Å²) >= 11 is 3.10. The minimum Gasteiger partial charge on any atom is -0.388 e. The first-order valence-electron chi connectivity index (χ1n) is 5.61. The second-order valence-corrected chi connectivity index (χ2v) is 5.38. The van der Waals surface area contributed by atoms with E-state index in [9.17, 15) is 13.9 Å². The molecule has 0 spiro atoms. The van der Waals surface area contributed by atoms with Gasteiger partial charge < -0.3 is 10.4 Å². The molecular formula is C12H14BrF2NO. The lowest BCUT2D eigenvalue weighted by Gasteiger charge is -2.23. The van der Waals surface area contributed by atoms with Crippen LogP contribution in [0.1, 0.15) is 25.7 Å². The van der Waals surface area contributed by atoms with E-state index in [-0.39, 0.29) is 12.2 Å². The molecule has 1 aliphatic rings. The summed E-state index contributed by atoms with van der Waals surface area (Å²) in [7, 11) is 0. The van der Waals surface area contributed by atoms with Gasteiger partial charge in [0.2, 0.25) is 0 Å². The average molecular weight is 306 g/mol. The highest BCUT2D eigenvalue weighted by Crippen LogP contribution is 2.32. The molecule has 2 nitrogen and oxygen atoms in total. The van der Waals surface area contributed by atoms with Crippen molar-refractivity contribution >= 4 is 21.6 Å². The van der Waals surface area contributed by atoms with Gasteiger partial charge in [0.1, 0.15) is 11.6 Å². The van der Waals surface area contributed by atoms with E-state index in [2.05, 4.69) is 21.2 Å². The summed E-state index contributed by atoms with van der Waals surface area (Å²) in [6.07, 6.45) is 3.43. The summed E-state index contributed by atoms with van der Waals surface area (Å²) in [6, 6.07) is 2.02. The van der Waals surface area contributed by atoms with Crippen LogP contribution < -0.4 is 5.32 Å². The van der Waals surface area contributed by atoms with Crippen molar-refractivity contribution in [2.45, 2.75) is 31.3 Å². The smallest absolute Gasteiger partial charge is 0.150 e. The van der Waals surface area contributed by atoms with Crippen molar-refractivity contribution in [3.05, 3.63) is 28.2 Å². The van der Waals surface area contributed by atoms with Gasteiger partial charge >= 0.3 is 0 Å². The second kappa shape index (κ2) is 4.90. The van der Waals surface area contributed by atoms with Crippen LogP contribution in [0.25, 0.3) is 0 Å². The number of halogens is 3. The number of rotatable bonds is 3. The van der Waals surface area contributed by atoms with E-state index in [0.717, 1.165) is 31.7 Å². The van der Waals surface area contributed by atoms with Crippen LogP contribution in [0.15, 0.2) is 16.6 Å². The molecule has 94 valence electrons. The Kier molecular flexibility index (Phi) is 3.68. The Bertz CT molecular complexity index is 396. The van der Waals surface area contributed by atoms with Crippen LogP contribution in [0.3, 0.4) is 0 Å². The summed E-state index contributed by atoms with van der Waals surface area (Å²) in [5.41, 5.74) is -0.563. The number of aliphatic hydroxyl groups is 1.